The third-order valence-corrected chi connectivity index (χ3v) is 5.96. The van der Waals surface area contributed by atoms with Gasteiger partial charge in [-0.1, -0.05) is 49.1 Å². The minimum atomic E-state index is -0.692. The van der Waals surface area contributed by atoms with Gasteiger partial charge < -0.3 is 15.0 Å². The Morgan fingerprint density at radius 3 is 2.48 bits per heavy atom. The van der Waals surface area contributed by atoms with E-state index in [2.05, 4.69) is 5.32 Å². The molecule has 166 valence electrons. The van der Waals surface area contributed by atoms with E-state index in [9.17, 15) is 14.0 Å². The third kappa shape index (κ3) is 6.69. The highest BCUT2D eigenvalue weighted by Gasteiger charge is 2.28. The van der Waals surface area contributed by atoms with Gasteiger partial charge in [0, 0.05) is 17.6 Å². The van der Waals surface area contributed by atoms with Crippen LogP contribution in [0.2, 0.25) is 5.02 Å². The van der Waals surface area contributed by atoms with Gasteiger partial charge in [-0.2, -0.15) is 0 Å². The molecule has 0 bridgehead atoms. The first kappa shape index (κ1) is 23.1. The quantitative estimate of drug-likeness (QED) is 0.638. The average molecular weight is 447 g/mol. The number of rotatable bonds is 8. The van der Waals surface area contributed by atoms with Crippen molar-refractivity contribution in [2.24, 2.45) is 0 Å². The van der Waals surface area contributed by atoms with Gasteiger partial charge in [-0.25, -0.2) is 4.39 Å². The van der Waals surface area contributed by atoms with Crippen molar-refractivity contribution in [3.63, 3.8) is 0 Å². The molecule has 0 unspecified atom stereocenters. The Labute approximate surface area is 187 Å². The number of ether oxygens (including phenoxy) is 1. The lowest BCUT2D eigenvalue weighted by atomic mass is 9.95. The Balaban J connectivity index is 1.71. The van der Waals surface area contributed by atoms with Crippen molar-refractivity contribution in [3.8, 4) is 5.75 Å². The summed E-state index contributed by atoms with van der Waals surface area (Å²) in [7, 11) is 0. The molecule has 7 heteroatoms. The van der Waals surface area contributed by atoms with Crippen LogP contribution in [0.5, 0.6) is 5.75 Å². The Hall–Kier alpha value is -2.60. The molecule has 2 aromatic rings. The first-order valence-electron chi connectivity index (χ1n) is 10.7. The molecule has 0 saturated heterocycles. The molecule has 1 N–H and O–H groups in total. The average Bonchev–Trinajstić information content (AvgIpc) is 2.78. The Morgan fingerprint density at radius 2 is 1.81 bits per heavy atom. The second kappa shape index (κ2) is 11.1. The molecule has 2 amide bonds. The summed E-state index contributed by atoms with van der Waals surface area (Å²) in [6.07, 6.45) is 5.33. The van der Waals surface area contributed by atoms with Gasteiger partial charge in [-0.05, 0) is 55.7 Å². The molecule has 0 aromatic heterocycles. The van der Waals surface area contributed by atoms with Gasteiger partial charge in [0.25, 0.3) is 5.91 Å². The van der Waals surface area contributed by atoms with Crippen LogP contribution in [0.15, 0.2) is 48.5 Å². The minimum absolute atomic E-state index is 0.149. The van der Waals surface area contributed by atoms with E-state index in [0.29, 0.717) is 10.8 Å². The molecule has 0 spiro atoms. The van der Waals surface area contributed by atoms with E-state index in [-0.39, 0.29) is 36.8 Å². The Morgan fingerprint density at radius 1 is 1.13 bits per heavy atom. The summed E-state index contributed by atoms with van der Waals surface area (Å²) in [5, 5.41) is 3.61. The summed E-state index contributed by atoms with van der Waals surface area (Å²) < 4.78 is 18.6. The minimum Gasteiger partial charge on any atom is -0.484 e. The fourth-order valence-corrected chi connectivity index (χ4v) is 3.92. The molecule has 31 heavy (non-hydrogen) atoms. The van der Waals surface area contributed by atoms with E-state index in [4.69, 9.17) is 16.3 Å². The van der Waals surface area contributed by atoms with Crippen molar-refractivity contribution in [1.29, 1.82) is 0 Å². The summed E-state index contributed by atoms with van der Waals surface area (Å²) in [5.41, 5.74) is 0.747. The van der Waals surface area contributed by atoms with Crippen LogP contribution >= 0.6 is 11.6 Å². The van der Waals surface area contributed by atoms with E-state index in [0.717, 1.165) is 31.2 Å². The van der Waals surface area contributed by atoms with Crippen LogP contribution in [0.3, 0.4) is 0 Å². The number of nitrogens with zero attached hydrogens (tertiary/aromatic N) is 1. The number of benzene rings is 2. The SMILES string of the molecule is C[C@@H](C(=O)NC1CCCCC1)N(Cc1ccccc1Cl)C(=O)COc1ccc(F)cc1. The monoisotopic (exact) mass is 446 g/mol. The van der Waals surface area contributed by atoms with Crippen LogP contribution in [0.1, 0.15) is 44.6 Å². The summed E-state index contributed by atoms with van der Waals surface area (Å²) >= 11 is 6.30. The predicted octanol–water partition coefficient (Wildman–Crippen LogP) is 4.72. The van der Waals surface area contributed by atoms with Crippen LogP contribution in [-0.2, 0) is 16.1 Å². The zero-order valence-electron chi connectivity index (χ0n) is 17.7. The largest absolute Gasteiger partial charge is 0.484 e. The van der Waals surface area contributed by atoms with Crippen LogP contribution in [0, 0.1) is 5.82 Å². The molecule has 1 aliphatic rings. The molecule has 1 atom stereocenters. The van der Waals surface area contributed by atoms with E-state index < -0.39 is 6.04 Å². The first-order valence-corrected chi connectivity index (χ1v) is 11.0. The molecule has 3 rings (SSSR count). The molecule has 1 saturated carbocycles. The van der Waals surface area contributed by atoms with Crippen LogP contribution in [-0.4, -0.2) is 35.4 Å². The lowest BCUT2D eigenvalue weighted by Crippen LogP contribution is -2.51. The van der Waals surface area contributed by atoms with Crippen molar-refractivity contribution in [1.82, 2.24) is 10.2 Å². The van der Waals surface area contributed by atoms with Gasteiger partial charge in [0.05, 0.1) is 0 Å². The van der Waals surface area contributed by atoms with Gasteiger partial charge in [-0.15, -0.1) is 0 Å². The normalized spacial score (nSPS) is 15.2. The number of halogens is 2. The highest BCUT2D eigenvalue weighted by atomic mass is 35.5. The van der Waals surface area contributed by atoms with Crippen molar-refractivity contribution in [2.45, 2.75) is 57.7 Å². The number of carbonyl (C=O) groups is 2. The maximum absolute atomic E-state index is 13.1. The highest BCUT2D eigenvalue weighted by molar-refractivity contribution is 6.31. The molecule has 1 fully saturated rings. The van der Waals surface area contributed by atoms with Crippen LogP contribution in [0.4, 0.5) is 4.39 Å². The summed E-state index contributed by atoms with van der Waals surface area (Å²) in [5.74, 6) is -0.539. The maximum atomic E-state index is 13.1. The fourth-order valence-electron chi connectivity index (χ4n) is 3.72. The number of nitrogens with one attached hydrogen (secondary N) is 1. The lowest BCUT2D eigenvalue weighted by Gasteiger charge is -2.31. The molecular weight excluding hydrogens is 419 g/mol. The maximum Gasteiger partial charge on any atom is 0.261 e. The van der Waals surface area contributed by atoms with Gasteiger partial charge in [0.2, 0.25) is 5.91 Å². The zero-order valence-corrected chi connectivity index (χ0v) is 18.4. The summed E-state index contributed by atoms with van der Waals surface area (Å²) in [6.45, 7) is 1.63. The molecule has 2 aromatic carbocycles. The van der Waals surface area contributed by atoms with Crippen LogP contribution < -0.4 is 10.1 Å². The fraction of sp³-hybridized carbons (Fsp3) is 0.417. The van der Waals surface area contributed by atoms with Gasteiger partial charge in [0.15, 0.2) is 6.61 Å². The third-order valence-electron chi connectivity index (χ3n) is 5.59. The second-order valence-electron chi connectivity index (χ2n) is 7.88. The molecule has 0 radical (unpaired) electrons. The van der Waals surface area contributed by atoms with Crippen molar-refractivity contribution in [2.75, 3.05) is 6.61 Å². The number of amides is 2. The molecule has 0 heterocycles. The zero-order chi connectivity index (χ0) is 22.2. The molecular formula is C24H28ClFN2O3. The van der Waals surface area contributed by atoms with E-state index in [1.54, 1.807) is 13.0 Å². The van der Waals surface area contributed by atoms with Crippen LogP contribution in [0.25, 0.3) is 0 Å². The van der Waals surface area contributed by atoms with E-state index in [1.807, 2.05) is 18.2 Å². The standard InChI is InChI=1S/C24H28ClFN2O3/c1-17(24(30)27-20-8-3-2-4-9-20)28(15-18-7-5-6-10-22(18)25)23(29)16-31-21-13-11-19(26)12-14-21/h5-7,10-14,17,20H,2-4,8-9,15-16H2,1H3,(H,27,30)/t17-/m0/s1. The van der Waals surface area contributed by atoms with Crippen molar-refractivity contribution < 1.29 is 18.7 Å². The van der Waals surface area contributed by atoms with Gasteiger partial charge >= 0.3 is 0 Å². The topological polar surface area (TPSA) is 58.6 Å². The first-order chi connectivity index (χ1) is 14.9. The smallest absolute Gasteiger partial charge is 0.261 e. The number of hydrogen-bond acceptors (Lipinski definition) is 3. The van der Waals surface area contributed by atoms with Gasteiger partial charge in [-0.3, -0.25) is 9.59 Å². The number of carbonyl (C=O) groups excluding carboxylic acids is 2. The number of hydrogen-bond donors (Lipinski definition) is 1. The van der Waals surface area contributed by atoms with E-state index in [1.165, 1.54) is 35.6 Å². The summed E-state index contributed by atoms with van der Waals surface area (Å²) in [4.78, 5) is 27.4. The Bertz CT molecular complexity index is 885. The predicted molar refractivity (Wildman–Crippen MR) is 118 cm³/mol. The molecule has 5 nitrogen and oxygen atoms in total. The second-order valence-corrected chi connectivity index (χ2v) is 8.28. The molecule has 0 aliphatic heterocycles. The lowest BCUT2D eigenvalue weighted by molar-refractivity contribution is -0.142. The van der Waals surface area contributed by atoms with Gasteiger partial charge in [0.1, 0.15) is 17.6 Å². The van der Waals surface area contributed by atoms with Crippen molar-refractivity contribution >= 4 is 23.4 Å². The van der Waals surface area contributed by atoms with E-state index >= 15 is 0 Å². The summed E-state index contributed by atoms with van der Waals surface area (Å²) in [6, 6.07) is 12.1. The highest BCUT2D eigenvalue weighted by Crippen LogP contribution is 2.21. The Kier molecular flexibility index (Phi) is 8.29. The van der Waals surface area contributed by atoms with Crippen molar-refractivity contribution in [3.05, 3.63) is 64.9 Å². The molecule has 1 aliphatic carbocycles.